The minimum Gasteiger partial charge on any atom is -0.508 e. The average molecular weight is 435 g/mol. The molecule has 3 heterocycles. The third kappa shape index (κ3) is 4.66. The lowest BCUT2D eigenvalue weighted by molar-refractivity contribution is -0.671. The predicted octanol–water partition coefficient (Wildman–Crippen LogP) is 2.83. The van der Waals surface area contributed by atoms with Gasteiger partial charge < -0.3 is 25.9 Å². The zero-order chi connectivity index (χ0) is 22.5. The number of hydrogen-bond acceptors (Lipinski definition) is 6. The number of pyridine rings is 1. The number of nitrogens with one attached hydrogen (secondary N) is 3. The first kappa shape index (κ1) is 21.2. The zero-order valence-corrected chi connectivity index (χ0v) is 18.2. The number of phenolic OH excluding ortho intramolecular Hbond substituents is 1. The van der Waals surface area contributed by atoms with Crippen LogP contribution in [0.2, 0.25) is 0 Å². The molecule has 1 aromatic carbocycles. The van der Waals surface area contributed by atoms with E-state index < -0.39 is 0 Å². The van der Waals surface area contributed by atoms with Crippen LogP contribution in [0.1, 0.15) is 12.0 Å². The summed E-state index contributed by atoms with van der Waals surface area (Å²) >= 11 is 0. The van der Waals surface area contributed by atoms with Crippen molar-refractivity contribution in [1.82, 2.24) is 14.2 Å². The highest BCUT2D eigenvalue weighted by Gasteiger charge is 2.15. The number of nitrogens with zero attached hydrogens (tertiary/aromatic N) is 4. The second kappa shape index (κ2) is 9.42. The van der Waals surface area contributed by atoms with E-state index in [0.717, 1.165) is 54.1 Å². The number of carbonyl (C=O) groups excluding carboxylic acids is 1. The van der Waals surface area contributed by atoms with Gasteiger partial charge in [0.15, 0.2) is 5.82 Å². The third-order valence-corrected chi connectivity index (χ3v) is 5.22. The Kier molecular flexibility index (Phi) is 6.25. The number of benzene rings is 1. The molecule has 9 heteroatoms. The smallest absolute Gasteiger partial charge is 0.243 e. The van der Waals surface area contributed by atoms with Gasteiger partial charge in [0.25, 0.3) is 0 Å². The van der Waals surface area contributed by atoms with Crippen molar-refractivity contribution in [3.8, 4) is 5.75 Å². The van der Waals surface area contributed by atoms with Crippen molar-refractivity contribution >= 4 is 34.7 Å². The number of anilines is 4. The number of fused-ring (bicyclic) bond motifs is 1. The van der Waals surface area contributed by atoms with Crippen molar-refractivity contribution in [2.24, 2.45) is 7.05 Å². The van der Waals surface area contributed by atoms with Gasteiger partial charge in [0, 0.05) is 25.2 Å². The van der Waals surface area contributed by atoms with Crippen LogP contribution >= 0.6 is 0 Å². The first-order chi connectivity index (χ1) is 15.5. The molecule has 0 aliphatic rings. The lowest BCUT2D eigenvalue weighted by Gasteiger charge is -2.15. The van der Waals surface area contributed by atoms with Crippen LogP contribution in [0.5, 0.6) is 5.75 Å². The molecule has 0 saturated carbocycles. The van der Waals surface area contributed by atoms with Crippen molar-refractivity contribution in [1.29, 1.82) is 0 Å². The van der Waals surface area contributed by atoms with Crippen LogP contribution in [0.4, 0.5) is 22.9 Å². The molecule has 0 bridgehead atoms. The van der Waals surface area contributed by atoms with Crippen molar-refractivity contribution in [3.05, 3.63) is 60.8 Å². The van der Waals surface area contributed by atoms with Crippen LogP contribution in [-0.4, -0.2) is 38.7 Å². The molecule has 0 fully saturated rings. The molecule has 4 N–H and O–H groups in total. The number of carbonyl (C=O) groups is 1. The monoisotopic (exact) mass is 434 g/mol. The van der Waals surface area contributed by atoms with E-state index in [-0.39, 0.29) is 12.3 Å². The maximum absolute atomic E-state index is 10.9. The van der Waals surface area contributed by atoms with Gasteiger partial charge in [-0.25, -0.2) is 13.6 Å². The summed E-state index contributed by atoms with van der Waals surface area (Å²) in [7, 11) is 2.01. The molecule has 0 amide bonds. The Bertz CT molecular complexity index is 1230. The topological polar surface area (TPSA) is 99.5 Å². The zero-order valence-electron chi connectivity index (χ0n) is 18.2. The van der Waals surface area contributed by atoms with Gasteiger partial charge in [0.1, 0.15) is 30.1 Å². The number of aromatic hydroxyl groups is 1. The fourth-order valence-corrected chi connectivity index (χ4v) is 3.58. The molecule has 0 spiro atoms. The maximum Gasteiger partial charge on any atom is 0.243 e. The van der Waals surface area contributed by atoms with Gasteiger partial charge in [-0.3, -0.25) is 0 Å². The highest BCUT2D eigenvalue weighted by atomic mass is 16.3. The number of aromatic nitrogens is 4. The van der Waals surface area contributed by atoms with Crippen LogP contribution in [-0.2, 0) is 18.4 Å². The fourth-order valence-electron chi connectivity index (χ4n) is 3.58. The summed E-state index contributed by atoms with van der Waals surface area (Å²) in [5.74, 6) is 0.905. The second-order valence-corrected chi connectivity index (χ2v) is 7.71. The third-order valence-electron chi connectivity index (χ3n) is 5.22. The second-order valence-electron chi connectivity index (χ2n) is 7.71. The Morgan fingerprint density at radius 3 is 2.84 bits per heavy atom. The lowest BCUT2D eigenvalue weighted by atomic mass is 10.1. The number of imidazole rings is 1. The molecule has 3 aromatic heterocycles. The van der Waals surface area contributed by atoms with Crippen LogP contribution in [0, 0.1) is 6.92 Å². The fraction of sp³-hybridized carbons (Fsp3) is 0.261. The molecule has 4 aromatic rings. The van der Waals surface area contributed by atoms with Gasteiger partial charge in [-0.05, 0) is 30.7 Å². The summed E-state index contributed by atoms with van der Waals surface area (Å²) in [6.45, 7) is 3.64. The van der Waals surface area contributed by atoms with E-state index in [2.05, 4.69) is 33.0 Å². The normalized spacial score (nSPS) is 10.9. The van der Waals surface area contributed by atoms with E-state index in [1.54, 1.807) is 6.07 Å². The molecule has 0 saturated heterocycles. The Morgan fingerprint density at radius 2 is 2.06 bits per heavy atom. The first-order valence-electron chi connectivity index (χ1n) is 10.6. The SMILES string of the molecule is Cc1cc(Nc2c(NCCCn3cc[n+](C)c3)nn3ccccc23)c(NCC=O)cc1O. The van der Waals surface area contributed by atoms with Gasteiger partial charge in [0.2, 0.25) is 6.33 Å². The summed E-state index contributed by atoms with van der Waals surface area (Å²) in [6.07, 6.45) is 9.75. The van der Waals surface area contributed by atoms with Crippen molar-refractivity contribution < 1.29 is 14.5 Å². The quantitative estimate of drug-likeness (QED) is 0.133. The largest absolute Gasteiger partial charge is 0.508 e. The van der Waals surface area contributed by atoms with E-state index >= 15 is 0 Å². The summed E-state index contributed by atoms with van der Waals surface area (Å²) in [6, 6.07) is 9.36. The number of aldehydes is 1. The number of hydrogen-bond donors (Lipinski definition) is 4. The Morgan fingerprint density at radius 1 is 1.19 bits per heavy atom. The van der Waals surface area contributed by atoms with Gasteiger partial charge in [0.05, 0.1) is 37.0 Å². The number of phenols is 1. The van der Waals surface area contributed by atoms with Gasteiger partial charge in [-0.15, -0.1) is 5.10 Å². The summed E-state index contributed by atoms with van der Waals surface area (Å²) in [5.41, 5.74) is 3.87. The van der Waals surface area contributed by atoms with Gasteiger partial charge in [-0.2, -0.15) is 0 Å². The van der Waals surface area contributed by atoms with Crippen molar-refractivity contribution in [3.63, 3.8) is 0 Å². The molecular weight excluding hydrogens is 406 g/mol. The number of rotatable bonds is 10. The van der Waals surface area contributed by atoms with E-state index in [1.165, 1.54) is 0 Å². The van der Waals surface area contributed by atoms with E-state index in [4.69, 9.17) is 5.10 Å². The molecular formula is C23H28N7O2+. The van der Waals surface area contributed by atoms with Gasteiger partial charge >= 0.3 is 0 Å². The molecule has 9 nitrogen and oxygen atoms in total. The Hall–Kier alpha value is -4.01. The van der Waals surface area contributed by atoms with Crippen molar-refractivity contribution in [2.75, 3.05) is 29.0 Å². The average Bonchev–Trinajstić information content (AvgIpc) is 3.36. The highest BCUT2D eigenvalue weighted by Crippen LogP contribution is 2.36. The summed E-state index contributed by atoms with van der Waals surface area (Å²) in [5, 5.41) is 24.8. The summed E-state index contributed by atoms with van der Waals surface area (Å²) < 4.78 is 5.99. The van der Waals surface area contributed by atoms with E-state index in [0.29, 0.717) is 5.69 Å². The van der Waals surface area contributed by atoms with Crippen LogP contribution in [0.15, 0.2) is 55.2 Å². The molecule has 0 unspecified atom stereocenters. The number of aryl methyl sites for hydroxylation is 3. The molecule has 4 rings (SSSR count). The van der Waals surface area contributed by atoms with Crippen LogP contribution in [0.25, 0.3) is 5.52 Å². The molecule has 0 radical (unpaired) electrons. The van der Waals surface area contributed by atoms with Gasteiger partial charge in [-0.1, -0.05) is 6.07 Å². The van der Waals surface area contributed by atoms with E-state index in [1.807, 2.05) is 59.7 Å². The molecule has 166 valence electrons. The van der Waals surface area contributed by atoms with Crippen LogP contribution < -0.4 is 20.5 Å². The highest BCUT2D eigenvalue weighted by molar-refractivity contribution is 5.90. The Labute approximate surface area is 186 Å². The lowest BCUT2D eigenvalue weighted by Crippen LogP contribution is -2.23. The summed E-state index contributed by atoms with van der Waals surface area (Å²) in [4.78, 5) is 10.9. The van der Waals surface area contributed by atoms with Crippen molar-refractivity contribution in [2.45, 2.75) is 19.9 Å². The minimum atomic E-state index is 0.147. The molecule has 32 heavy (non-hydrogen) atoms. The standard InChI is InChI=1S/C23H27N7O2/c1-17-14-19(18(15-21(17)32)24-8-13-31)26-22-20-6-3-4-10-30(20)27-23(22)25-7-5-9-29-12-11-28(2)16-29/h3-4,6,10-16,24,26H,5,7-9H2,1-2H3,(H-,25,27,32)/p+1. The van der Waals surface area contributed by atoms with E-state index in [9.17, 15) is 9.90 Å². The predicted molar refractivity (Wildman–Crippen MR) is 125 cm³/mol. The minimum absolute atomic E-state index is 0.147. The first-order valence-corrected chi connectivity index (χ1v) is 10.6. The molecule has 0 aliphatic carbocycles. The molecule has 0 atom stereocenters. The Balaban J connectivity index is 1.58. The molecule has 0 aliphatic heterocycles. The van der Waals surface area contributed by atoms with Crippen LogP contribution in [0.3, 0.4) is 0 Å². The maximum atomic E-state index is 10.9.